The maximum absolute atomic E-state index is 11.3. The monoisotopic (exact) mass is 252 g/mol. The molecule has 0 saturated heterocycles. The standard InChI is InChI=1S/C13H20N2O3/c1-13(15-2,12(14)16)8-9-18-11-7-5-4-6-10(11)17-3/h4-7,15H,8-9H2,1-3H3,(H2,14,16). The quantitative estimate of drug-likeness (QED) is 0.757. The third-order valence-corrected chi connectivity index (χ3v) is 3.02. The number of likely N-dealkylation sites (N-methyl/N-ethyl adjacent to an activating group) is 1. The lowest BCUT2D eigenvalue weighted by Crippen LogP contribution is -2.52. The molecule has 0 spiro atoms. The fraction of sp³-hybridized carbons (Fsp3) is 0.462. The molecule has 0 aliphatic rings. The maximum atomic E-state index is 11.3. The van der Waals surface area contributed by atoms with E-state index in [1.165, 1.54) is 0 Å². The predicted octanol–water partition coefficient (Wildman–Crippen LogP) is 0.927. The summed E-state index contributed by atoms with van der Waals surface area (Å²) < 4.78 is 10.8. The molecular formula is C13H20N2O3. The molecule has 0 heterocycles. The number of amides is 1. The molecule has 0 fully saturated rings. The molecule has 0 aromatic heterocycles. The number of hydrogen-bond donors (Lipinski definition) is 2. The molecule has 5 heteroatoms. The fourth-order valence-electron chi connectivity index (χ4n) is 1.47. The highest BCUT2D eigenvalue weighted by Crippen LogP contribution is 2.26. The zero-order chi connectivity index (χ0) is 13.6. The van der Waals surface area contributed by atoms with E-state index in [2.05, 4.69) is 5.32 Å². The number of para-hydroxylation sites is 2. The number of carbonyl (C=O) groups excluding carboxylic acids is 1. The van der Waals surface area contributed by atoms with Crippen LogP contribution in [0.4, 0.5) is 0 Å². The lowest BCUT2D eigenvalue weighted by molar-refractivity contribution is -0.124. The van der Waals surface area contributed by atoms with E-state index in [0.29, 0.717) is 24.5 Å². The van der Waals surface area contributed by atoms with E-state index in [1.54, 1.807) is 21.1 Å². The summed E-state index contributed by atoms with van der Waals surface area (Å²) in [7, 11) is 3.29. The number of primary amides is 1. The van der Waals surface area contributed by atoms with Crippen molar-refractivity contribution in [3.63, 3.8) is 0 Å². The Hall–Kier alpha value is -1.75. The lowest BCUT2D eigenvalue weighted by Gasteiger charge is -2.25. The van der Waals surface area contributed by atoms with Crippen molar-refractivity contribution in [1.82, 2.24) is 5.32 Å². The molecule has 1 unspecified atom stereocenters. The molecule has 1 atom stereocenters. The molecule has 5 nitrogen and oxygen atoms in total. The minimum atomic E-state index is -0.762. The second-order valence-corrected chi connectivity index (χ2v) is 4.20. The highest BCUT2D eigenvalue weighted by Gasteiger charge is 2.28. The summed E-state index contributed by atoms with van der Waals surface area (Å²) in [4.78, 5) is 11.3. The van der Waals surface area contributed by atoms with Gasteiger partial charge >= 0.3 is 0 Å². The molecule has 18 heavy (non-hydrogen) atoms. The third kappa shape index (κ3) is 3.37. The van der Waals surface area contributed by atoms with Crippen LogP contribution in [0.3, 0.4) is 0 Å². The minimum absolute atomic E-state index is 0.376. The summed E-state index contributed by atoms with van der Waals surface area (Å²) in [6.07, 6.45) is 0.483. The van der Waals surface area contributed by atoms with E-state index < -0.39 is 11.4 Å². The average Bonchev–Trinajstić information content (AvgIpc) is 2.38. The van der Waals surface area contributed by atoms with Crippen LogP contribution in [0, 0.1) is 0 Å². The number of methoxy groups -OCH3 is 1. The summed E-state index contributed by atoms with van der Waals surface area (Å²) in [5.74, 6) is 0.930. The van der Waals surface area contributed by atoms with Crippen LogP contribution < -0.4 is 20.5 Å². The summed E-state index contributed by atoms with van der Waals surface area (Å²) in [5.41, 5.74) is 4.57. The van der Waals surface area contributed by atoms with Gasteiger partial charge in [-0.15, -0.1) is 0 Å². The van der Waals surface area contributed by atoms with Gasteiger partial charge in [0.15, 0.2) is 11.5 Å². The fourth-order valence-corrected chi connectivity index (χ4v) is 1.47. The summed E-state index contributed by atoms with van der Waals surface area (Å²) in [6, 6.07) is 7.37. The van der Waals surface area contributed by atoms with E-state index in [-0.39, 0.29) is 0 Å². The smallest absolute Gasteiger partial charge is 0.237 e. The third-order valence-electron chi connectivity index (χ3n) is 3.02. The second kappa shape index (κ2) is 6.26. The van der Waals surface area contributed by atoms with Crippen molar-refractivity contribution in [2.75, 3.05) is 20.8 Å². The largest absolute Gasteiger partial charge is 0.493 e. The first-order valence-corrected chi connectivity index (χ1v) is 5.78. The molecule has 0 bridgehead atoms. The van der Waals surface area contributed by atoms with Crippen molar-refractivity contribution in [2.45, 2.75) is 18.9 Å². The number of hydrogen-bond acceptors (Lipinski definition) is 4. The van der Waals surface area contributed by atoms with E-state index in [0.717, 1.165) is 0 Å². The molecule has 100 valence electrons. The number of benzene rings is 1. The van der Waals surface area contributed by atoms with Crippen LogP contribution in [-0.2, 0) is 4.79 Å². The van der Waals surface area contributed by atoms with E-state index in [4.69, 9.17) is 15.2 Å². The zero-order valence-corrected chi connectivity index (χ0v) is 11.0. The van der Waals surface area contributed by atoms with Crippen LogP contribution in [-0.4, -0.2) is 32.2 Å². The molecular weight excluding hydrogens is 232 g/mol. The molecule has 1 amide bonds. The lowest BCUT2D eigenvalue weighted by atomic mass is 9.98. The summed E-state index contributed by atoms with van der Waals surface area (Å²) in [6.45, 7) is 2.13. The highest BCUT2D eigenvalue weighted by atomic mass is 16.5. The summed E-state index contributed by atoms with van der Waals surface area (Å²) in [5, 5.41) is 2.91. The SMILES string of the molecule is CNC(C)(CCOc1ccccc1OC)C(N)=O. The van der Waals surface area contributed by atoms with Crippen LogP contribution in [0.5, 0.6) is 11.5 Å². The Bertz CT molecular complexity index is 409. The van der Waals surface area contributed by atoms with Crippen LogP contribution in [0.25, 0.3) is 0 Å². The Balaban J connectivity index is 2.58. The predicted molar refractivity (Wildman–Crippen MR) is 69.8 cm³/mol. The Morgan fingerprint density at radius 3 is 2.50 bits per heavy atom. The van der Waals surface area contributed by atoms with Gasteiger partial charge in [-0.3, -0.25) is 4.79 Å². The highest BCUT2D eigenvalue weighted by molar-refractivity contribution is 5.84. The summed E-state index contributed by atoms with van der Waals surface area (Å²) >= 11 is 0. The van der Waals surface area contributed by atoms with Crippen LogP contribution in [0.2, 0.25) is 0 Å². The normalized spacial score (nSPS) is 13.7. The van der Waals surface area contributed by atoms with Gasteiger partial charge in [0, 0.05) is 6.42 Å². The number of nitrogens with two attached hydrogens (primary N) is 1. The van der Waals surface area contributed by atoms with Crippen molar-refractivity contribution in [1.29, 1.82) is 0 Å². The van der Waals surface area contributed by atoms with Crippen LogP contribution >= 0.6 is 0 Å². The van der Waals surface area contributed by atoms with Gasteiger partial charge in [0.2, 0.25) is 5.91 Å². The number of nitrogens with one attached hydrogen (secondary N) is 1. The minimum Gasteiger partial charge on any atom is -0.493 e. The van der Waals surface area contributed by atoms with Crippen molar-refractivity contribution in [3.8, 4) is 11.5 Å². The van der Waals surface area contributed by atoms with Gasteiger partial charge in [-0.25, -0.2) is 0 Å². The molecule has 0 saturated carbocycles. The Morgan fingerprint density at radius 2 is 2.00 bits per heavy atom. The van der Waals surface area contributed by atoms with Gasteiger partial charge in [0.05, 0.1) is 19.3 Å². The number of ether oxygens (including phenoxy) is 2. The van der Waals surface area contributed by atoms with Gasteiger partial charge in [-0.2, -0.15) is 0 Å². The van der Waals surface area contributed by atoms with Crippen LogP contribution in [0.1, 0.15) is 13.3 Å². The first kappa shape index (κ1) is 14.3. The molecule has 1 aromatic carbocycles. The van der Waals surface area contributed by atoms with Crippen molar-refractivity contribution < 1.29 is 14.3 Å². The van der Waals surface area contributed by atoms with Gasteiger partial charge in [0.25, 0.3) is 0 Å². The van der Waals surface area contributed by atoms with E-state index in [9.17, 15) is 4.79 Å². The molecule has 0 aliphatic carbocycles. The van der Waals surface area contributed by atoms with Crippen molar-refractivity contribution in [3.05, 3.63) is 24.3 Å². The van der Waals surface area contributed by atoms with Crippen molar-refractivity contribution >= 4 is 5.91 Å². The van der Waals surface area contributed by atoms with E-state index >= 15 is 0 Å². The first-order valence-electron chi connectivity index (χ1n) is 5.78. The maximum Gasteiger partial charge on any atom is 0.237 e. The molecule has 1 rings (SSSR count). The molecule has 3 N–H and O–H groups in total. The average molecular weight is 252 g/mol. The Kier molecular flexibility index (Phi) is 4.97. The van der Waals surface area contributed by atoms with E-state index in [1.807, 2.05) is 24.3 Å². The Labute approximate surface area is 107 Å². The molecule has 0 radical (unpaired) electrons. The van der Waals surface area contributed by atoms with Gasteiger partial charge in [-0.1, -0.05) is 12.1 Å². The Morgan fingerprint density at radius 1 is 1.39 bits per heavy atom. The topological polar surface area (TPSA) is 73.6 Å². The second-order valence-electron chi connectivity index (χ2n) is 4.20. The molecule has 1 aromatic rings. The first-order chi connectivity index (χ1) is 8.53. The molecule has 0 aliphatic heterocycles. The zero-order valence-electron chi connectivity index (χ0n) is 11.0. The van der Waals surface area contributed by atoms with Gasteiger partial charge < -0.3 is 20.5 Å². The number of carbonyl (C=O) groups is 1. The van der Waals surface area contributed by atoms with Gasteiger partial charge in [0.1, 0.15) is 0 Å². The van der Waals surface area contributed by atoms with Gasteiger partial charge in [-0.05, 0) is 26.1 Å². The van der Waals surface area contributed by atoms with Crippen molar-refractivity contribution in [2.24, 2.45) is 5.73 Å². The number of rotatable bonds is 7. The van der Waals surface area contributed by atoms with Crippen LogP contribution in [0.15, 0.2) is 24.3 Å².